The second kappa shape index (κ2) is 7.81. The van der Waals surface area contributed by atoms with Gasteiger partial charge in [0.15, 0.2) is 11.4 Å². The van der Waals surface area contributed by atoms with E-state index in [1.807, 2.05) is 24.9 Å². The van der Waals surface area contributed by atoms with Crippen molar-refractivity contribution in [1.82, 2.24) is 29.9 Å². The second-order valence-electron chi connectivity index (χ2n) is 8.35. The SMILES string of the molecule is Cc1nn(C)c2nc(-c3ccco3)cc(C(=O)N3CCN(CC(=O)NC4CC4)CC3)c12. The molecule has 9 heteroatoms. The smallest absolute Gasteiger partial charge is 0.254 e. The molecule has 162 valence electrons. The normalized spacial score (nSPS) is 17.3. The summed E-state index contributed by atoms with van der Waals surface area (Å²) in [5, 5.41) is 8.27. The Morgan fingerprint density at radius 3 is 2.68 bits per heavy atom. The van der Waals surface area contributed by atoms with E-state index in [0.29, 0.717) is 61.4 Å². The van der Waals surface area contributed by atoms with Gasteiger partial charge in [-0.1, -0.05) is 0 Å². The van der Waals surface area contributed by atoms with E-state index in [0.717, 1.165) is 23.9 Å². The third-order valence-electron chi connectivity index (χ3n) is 5.94. The highest BCUT2D eigenvalue weighted by atomic mass is 16.3. The number of nitrogens with zero attached hydrogens (tertiary/aromatic N) is 5. The Kier molecular flexibility index (Phi) is 4.97. The van der Waals surface area contributed by atoms with Crippen molar-refractivity contribution in [3.63, 3.8) is 0 Å². The molecular formula is C22H26N6O3. The molecule has 0 spiro atoms. The van der Waals surface area contributed by atoms with Crippen molar-refractivity contribution in [1.29, 1.82) is 0 Å². The van der Waals surface area contributed by atoms with Gasteiger partial charge in [0, 0.05) is 39.3 Å². The summed E-state index contributed by atoms with van der Waals surface area (Å²) >= 11 is 0. The fraction of sp³-hybridized carbons (Fsp3) is 0.455. The van der Waals surface area contributed by atoms with Gasteiger partial charge in [-0.05, 0) is 38.0 Å². The van der Waals surface area contributed by atoms with Gasteiger partial charge < -0.3 is 14.6 Å². The van der Waals surface area contributed by atoms with Crippen molar-refractivity contribution in [3.05, 3.63) is 35.7 Å². The number of aromatic nitrogens is 3. The van der Waals surface area contributed by atoms with Crippen LogP contribution < -0.4 is 5.32 Å². The summed E-state index contributed by atoms with van der Waals surface area (Å²) in [7, 11) is 1.83. The highest BCUT2D eigenvalue weighted by Crippen LogP contribution is 2.28. The Morgan fingerprint density at radius 1 is 1.23 bits per heavy atom. The molecule has 1 aliphatic carbocycles. The predicted molar refractivity (Wildman–Crippen MR) is 114 cm³/mol. The van der Waals surface area contributed by atoms with Crippen LogP contribution in [0.4, 0.5) is 0 Å². The summed E-state index contributed by atoms with van der Waals surface area (Å²) in [5.74, 6) is 0.645. The van der Waals surface area contributed by atoms with Gasteiger partial charge >= 0.3 is 0 Å². The van der Waals surface area contributed by atoms with Gasteiger partial charge in [-0.2, -0.15) is 5.10 Å². The maximum absolute atomic E-state index is 13.5. The van der Waals surface area contributed by atoms with Crippen molar-refractivity contribution < 1.29 is 14.0 Å². The van der Waals surface area contributed by atoms with Crippen LogP contribution in [0, 0.1) is 6.92 Å². The fourth-order valence-corrected chi connectivity index (χ4v) is 4.15. The van der Waals surface area contributed by atoms with Crippen LogP contribution in [-0.2, 0) is 11.8 Å². The molecule has 1 saturated carbocycles. The first-order valence-electron chi connectivity index (χ1n) is 10.7. The lowest BCUT2D eigenvalue weighted by atomic mass is 10.1. The Labute approximate surface area is 180 Å². The minimum atomic E-state index is -0.0432. The third kappa shape index (κ3) is 3.93. The van der Waals surface area contributed by atoms with Crippen LogP contribution in [0.15, 0.2) is 28.9 Å². The number of hydrogen-bond donors (Lipinski definition) is 1. The number of amides is 2. The molecule has 0 atom stereocenters. The number of rotatable bonds is 5. The molecule has 0 unspecified atom stereocenters. The molecule has 9 nitrogen and oxygen atoms in total. The van der Waals surface area contributed by atoms with Crippen molar-refractivity contribution in [2.75, 3.05) is 32.7 Å². The first kappa shape index (κ1) is 19.7. The van der Waals surface area contributed by atoms with E-state index in [-0.39, 0.29) is 11.8 Å². The van der Waals surface area contributed by atoms with E-state index in [4.69, 9.17) is 4.42 Å². The minimum Gasteiger partial charge on any atom is -0.463 e. The average Bonchev–Trinajstić information content (AvgIpc) is 3.29. The molecule has 3 aromatic rings. The van der Waals surface area contributed by atoms with Gasteiger partial charge in [-0.15, -0.1) is 0 Å². The largest absolute Gasteiger partial charge is 0.463 e. The summed E-state index contributed by atoms with van der Waals surface area (Å²) in [4.78, 5) is 34.2. The van der Waals surface area contributed by atoms with Gasteiger partial charge in [0.25, 0.3) is 5.91 Å². The lowest BCUT2D eigenvalue weighted by Gasteiger charge is -2.34. The fourth-order valence-electron chi connectivity index (χ4n) is 4.15. The molecule has 5 rings (SSSR count). The Hall–Kier alpha value is -3.20. The number of carbonyl (C=O) groups is 2. The number of aryl methyl sites for hydroxylation is 2. The van der Waals surface area contributed by atoms with Crippen molar-refractivity contribution in [2.45, 2.75) is 25.8 Å². The van der Waals surface area contributed by atoms with E-state index < -0.39 is 0 Å². The lowest BCUT2D eigenvalue weighted by Crippen LogP contribution is -2.51. The molecule has 1 aliphatic heterocycles. The van der Waals surface area contributed by atoms with E-state index in [1.165, 1.54) is 0 Å². The van der Waals surface area contributed by atoms with Crippen LogP contribution in [0.2, 0.25) is 0 Å². The molecule has 2 fully saturated rings. The highest BCUT2D eigenvalue weighted by molar-refractivity contribution is 6.07. The summed E-state index contributed by atoms with van der Waals surface area (Å²) in [5.41, 5.74) is 2.63. The van der Waals surface area contributed by atoms with Crippen molar-refractivity contribution >= 4 is 22.8 Å². The quantitative estimate of drug-likeness (QED) is 0.671. The number of carbonyl (C=O) groups excluding carboxylic acids is 2. The number of furan rings is 1. The molecule has 0 aromatic carbocycles. The van der Waals surface area contributed by atoms with E-state index >= 15 is 0 Å². The zero-order valence-corrected chi connectivity index (χ0v) is 17.8. The van der Waals surface area contributed by atoms with Crippen LogP contribution in [-0.4, -0.2) is 75.1 Å². The molecule has 1 N–H and O–H groups in total. The standard InChI is InChI=1S/C22H26N6O3/c1-14-20-16(12-17(18-4-3-11-31-18)24-21(20)26(2)25-14)22(30)28-9-7-27(8-10-28)13-19(29)23-15-5-6-15/h3-4,11-12,15H,5-10,13H2,1-2H3,(H,23,29). The third-order valence-corrected chi connectivity index (χ3v) is 5.94. The summed E-state index contributed by atoms with van der Waals surface area (Å²) in [6, 6.07) is 5.80. The van der Waals surface area contributed by atoms with Crippen LogP contribution in [0.3, 0.4) is 0 Å². The van der Waals surface area contributed by atoms with Gasteiger partial charge in [0.05, 0.1) is 29.5 Å². The molecule has 4 heterocycles. The highest BCUT2D eigenvalue weighted by Gasteiger charge is 2.28. The topological polar surface area (TPSA) is 96.5 Å². The molecule has 2 aliphatic rings. The van der Waals surface area contributed by atoms with Crippen LogP contribution in [0.5, 0.6) is 0 Å². The Balaban J connectivity index is 1.36. The van der Waals surface area contributed by atoms with Crippen molar-refractivity contribution in [3.8, 4) is 11.5 Å². The average molecular weight is 422 g/mol. The molecule has 0 bridgehead atoms. The molecule has 31 heavy (non-hydrogen) atoms. The first-order valence-corrected chi connectivity index (χ1v) is 10.7. The first-order chi connectivity index (χ1) is 15.0. The number of hydrogen-bond acceptors (Lipinski definition) is 6. The van der Waals surface area contributed by atoms with Gasteiger partial charge in [0.2, 0.25) is 5.91 Å². The number of pyridine rings is 1. The van der Waals surface area contributed by atoms with Gasteiger partial charge in [-0.3, -0.25) is 19.2 Å². The second-order valence-corrected chi connectivity index (χ2v) is 8.35. The summed E-state index contributed by atoms with van der Waals surface area (Å²) < 4.78 is 7.22. The van der Waals surface area contributed by atoms with Crippen LogP contribution >= 0.6 is 0 Å². The lowest BCUT2D eigenvalue weighted by molar-refractivity contribution is -0.122. The van der Waals surface area contributed by atoms with Gasteiger partial charge in [-0.25, -0.2) is 4.98 Å². The molecule has 0 radical (unpaired) electrons. The van der Waals surface area contributed by atoms with Crippen molar-refractivity contribution in [2.24, 2.45) is 7.05 Å². The molecule has 3 aromatic heterocycles. The van der Waals surface area contributed by atoms with E-state index in [9.17, 15) is 9.59 Å². The number of nitrogens with one attached hydrogen (secondary N) is 1. The minimum absolute atomic E-state index is 0.0432. The summed E-state index contributed by atoms with van der Waals surface area (Å²) in [6.07, 6.45) is 3.76. The number of piperazine rings is 1. The monoisotopic (exact) mass is 422 g/mol. The van der Waals surface area contributed by atoms with Gasteiger partial charge in [0.1, 0.15) is 5.69 Å². The zero-order valence-electron chi connectivity index (χ0n) is 17.8. The molecular weight excluding hydrogens is 396 g/mol. The maximum Gasteiger partial charge on any atom is 0.254 e. The van der Waals surface area contributed by atoms with E-state index in [1.54, 1.807) is 23.1 Å². The summed E-state index contributed by atoms with van der Waals surface area (Å²) in [6.45, 7) is 4.79. The molecule has 1 saturated heterocycles. The Bertz CT molecular complexity index is 1120. The number of fused-ring (bicyclic) bond motifs is 1. The van der Waals surface area contributed by atoms with Crippen LogP contribution in [0.1, 0.15) is 28.9 Å². The zero-order chi connectivity index (χ0) is 21.5. The maximum atomic E-state index is 13.5. The molecule has 2 amide bonds. The predicted octanol–water partition coefficient (Wildman–Crippen LogP) is 1.57. The van der Waals surface area contributed by atoms with Crippen LogP contribution in [0.25, 0.3) is 22.5 Å². The van der Waals surface area contributed by atoms with E-state index in [2.05, 4.69) is 20.3 Å². The Morgan fingerprint density at radius 2 is 2.00 bits per heavy atom.